The fourth-order valence-corrected chi connectivity index (χ4v) is 3.82. The summed E-state index contributed by atoms with van der Waals surface area (Å²) in [4.78, 5) is 12.7. The van der Waals surface area contributed by atoms with E-state index in [1.165, 1.54) is 31.4 Å². The number of benzene rings is 3. The zero-order valence-corrected chi connectivity index (χ0v) is 21.9. The molecule has 0 heterocycles. The predicted molar refractivity (Wildman–Crippen MR) is 140 cm³/mol. The minimum atomic E-state index is -2.99. The Hall–Kier alpha value is -3.87. The first-order valence-electron chi connectivity index (χ1n) is 11.8. The molecule has 0 aromatic heterocycles. The van der Waals surface area contributed by atoms with Crippen molar-refractivity contribution in [2.75, 3.05) is 14.2 Å². The standard InChI is InChI=1S/C30H32F2O5/c1-19-7-11-23(30(2,3)4)27(15-19)36-18-22-16-20(9-13-25(22)34-5)8-12-24(33)21-10-14-26(37-29(31)32)28(17-21)35-6/h7-17,29H,18H2,1-6H3/b12-8+. The van der Waals surface area contributed by atoms with Crippen molar-refractivity contribution >= 4 is 11.9 Å². The molecule has 0 aliphatic rings. The van der Waals surface area contributed by atoms with E-state index >= 15 is 0 Å². The molecule has 0 saturated heterocycles. The average Bonchev–Trinajstić information content (AvgIpc) is 2.85. The van der Waals surface area contributed by atoms with E-state index in [0.717, 1.165) is 28.0 Å². The van der Waals surface area contributed by atoms with E-state index in [9.17, 15) is 13.6 Å². The molecule has 0 saturated carbocycles. The fraction of sp³-hybridized carbons (Fsp3) is 0.300. The summed E-state index contributed by atoms with van der Waals surface area (Å²) >= 11 is 0. The van der Waals surface area contributed by atoms with Gasteiger partial charge in [0.1, 0.15) is 18.1 Å². The number of ether oxygens (including phenoxy) is 4. The second-order valence-electron chi connectivity index (χ2n) is 9.55. The molecule has 3 aromatic rings. The summed E-state index contributed by atoms with van der Waals surface area (Å²) in [5, 5.41) is 0. The Morgan fingerprint density at radius 3 is 2.24 bits per heavy atom. The summed E-state index contributed by atoms with van der Waals surface area (Å²) in [6.45, 7) is 5.74. The van der Waals surface area contributed by atoms with Gasteiger partial charge < -0.3 is 18.9 Å². The highest BCUT2D eigenvalue weighted by molar-refractivity contribution is 6.07. The number of alkyl halides is 2. The van der Waals surface area contributed by atoms with Crippen molar-refractivity contribution in [3.63, 3.8) is 0 Å². The van der Waals surface area contributed by atoms with Crippen LogP contribution in [0.4, 0.5) is 8.78 Å². The molecule has 0 amide bonds. The number of rotatable bonds is 10. The van der Waals surface area contributed by atoms with Crippen LogP contribution >= 0.6 is 0 Å². The molecule has 196 valence electrons. The van der Waals surface area contributed by atoms with Gasteiger partial charge in [-0.05, 0) is 71.5 Å². The molecule has 3 rings (SSSR count). The molecule has 0 spiro atoms. The Kier molecular flexibility index (Phi) is 8.92. The zero-order valence-electron chi connectivity index (χ0n) is 21.9. The second-order valence-corrected chi connectivity index (χ2v) is 9.55. The summed E-state index contributed by atoms with van der Waals surface area (Å²) < 4.78 is 46.4. The number of ketones is 1. The first-order chi connectivity index (χ1) is 17.5. The van der Waals surface area contributed by atoms with Crippen LogP contribution in [0.25, 0.3) is 6.08 Å². The molecule has 5 nitrogen and oxygen atoms in total. The van der Waals surface area contributed by atoms with Crippen molar-refractivity contribution in [2.24, 2.45) is 0 Å². The lowest BCUT2D eigenvalue weighted by Crippen LogP contribution is -2.13. The maximum absolute atomic E-state index is 12.7. The first kappa shape index (κ1) is 27.7. The summed E-state index contributed by atoms with van der Waals surface area (Å²) in [5.74, 6) is 1.09. The zero-order chi connectivity index (χ0) is 27.2. The smallest absolute Gasteiger partial charge is 0.387 e. The van der Waals surface area contributed by atoms with Crippen molar-refractivity contribution < 1.29 is 32.5 Å². The van der Waals surface area contributed by atoms with E-state index in [-0.39, 0.29) is 34.9 Å². The molecule has 0 N–H and O–H groups in total. The minimum Gasteiger partial charge on any atom is -0.496 e. The van der Waals surface area contributed by atoms with Gasteiger partial charge in [0.25, 0.3) is 0 Å². The van der Waals surface area contributed by atoms with Gasteiger partial charge in [0, 0.05) is 11.1 Å². The molecule has 0 radical (unpaired) electrons. The van der Waals surface area contributed by atoms with E-state index in [1.807, 2.05) is 31.2 Å². The molecular formula is C30H32F2O5. The Morgan fingerprint density at radius 1 is 0.892 bits per heavy atom. The summed E-state index contributed by atoms with van der Waals surface area (Å²) in [5.41, 5.74) is 4.02. The number of hydrogen-bond acceptors (Lipinski definition) is 5. The highest BCUT2D eigenvalue weighted by Crippen LogP contribution is 2.34. The van der Waals surface area contributed by atoms with Crippen LogP contribution in [0.2, 0.25) is 0 Å². The lowest BCUT2D eigenvalue weighted by Gasteiger charge is -2.23. The maximum Gasteiger partial charge on any atom is 0.387 e. The van der Waals surface area contributed by atoms with Gasteiger partial charge in [-0.3, -0.25) is 4.79 Å². The third kappa shape index (κ3) is 7.32. The number of carbonyl (C=O) groups is 1. The fourth-order valence-electron chi connectivity index (χ4n) is 3.82. The summed E-state index contributed by atoms with van der Waals surface area (Å²) in [7, 11) is 2.92. The molecule has 7 heteroatoms. The van der Waals surface area contributed by atoms with Gasteiger partial charge in [-0.25, -0.2) is 0 Å². The number of aryl methyl sites for hydroxylation is 1. The normalized spacial score (nSPS) is 11.6. The lowest BCUT2D eigenvalue weighted by molar-refractivity contribution is -0.0512. The highest BCUT2D eigenvalue weighted by Gasteiger charge is 2.19. The van der Waals surface area contributed by atoms with Crippen molar-refractivity contribution in [3.05, 3.63) is 88.5 Å². The van der Waals surface area contributed by atoms with E-state index in [0.29, 0.717) is 5.75 Å². The average molecular weight is 511 g/mol. The molecular weight excluding hydrogens is 478 g/mol. The van der Waals surface area contributed by atoms with E-state index in [2.05, 4.69) is 37.6 Å². The maximum atomic E-state index is 12.7. The SMILES string of the molecule is COc1ccc(/C=C/C(=O)c2ccc(OC(F)F)c(OC)c2)cc1COc1cc(C)ccc1C(C)(C)C. The molecule has 37 heavy (non-hydrogen) atoms. The van der Waals surface area contributed by atoms with Crippen LogP contribution in [0.3, 0.4) is 0 Å². The van der Waals surface area contributed by atoms with Gasteiger partial charge in [-0.15, -0.1) is 0 Å². The molecule has 0 unspecified atom stereocenters. The summed E-state index contributed by atoms with van der Waals surface area (Å²) in [6.07, 6.45) is 3.09. The van der Waals surface area contributed by atoms with Gasteiger partial charge in [-0.2, -0.15) is 8.78 Å². The number of allylic oxidation sites excluding steroid dienone is 1. The Balaban J connectivity index is 1.80. The van der Waals surface area contributed by atoms with Gasteiger partial charge in [-0.1, -0.05) is 45.0 Å². The number of methoxy groups -OCH3 is 2. The molecule has 0 atom stereocenters. The van der Waals surface area contributed by atoms with Gasteiger partial charge in [0.05, 0.1) is 14.2 Å². The van der Waals surface area contributed by atoms with Crippen molar-refractivity contribution in [2.45, 2.75) is 46.3 Å². The topological polar surface area (TPSA) is 54.0 Å². The van der Waals surface area contributed by atoms with Crippen molar-refractivity contribution in [1.82, 2.24) is 0 Å². The number of hydrogen-bond donors (Lipinski definition) is 0. The van der Waals surface area contributed by atoms with Crippen molar-refractivity contribution in [1.29, 1.82) is 0 Å². The number of halogens is 2. The van der Waals surface area contributed by atoms with Crippen molar-refractivity contribution in [3.8, 4) is 23.0 Å². The monoisotopic (exact) mass is 510 g/mol. The van der Waals surface area contributed by atoms with Crippen LogP contribution in [-0.4, -0.2) is 26.6 Å². The van der Waals surface area contributed by atoms with Crippen LogP contribution < -0.4 is 18.9 Å². The predicted octanol–water partition coefficient (Wildman–Crippen LogP) is 7.39. The summed E-state index contributed by atoms with van der Waals surface area (Å²) in [6, 6.07) is 15.8. The quantitative estimate of drug-likeness (QED) is 0.210. The Bertz CT molecular complexity index is 1280. The van der Waals surface area contributed by atoms with E-state index < -0.39 is 6.61 Å². The highest BCUT2D eigenvalue weighted by atomic mass is 19.3. The van der Waals surface area contributed by atoms with E-state index in [4.69, 9.17) is 14.2 Å². The molecule has 0 aliphatic carbocycles. The van der Waals surface area contributed by atoms with Crippen LogP contribution in [0, 0.1) is 6.92 Å². The Morgan fingerprint density at radius 2 is 1.59 bits per heavy atom. The second kappa shape index (κ2) is 11.9. The Labute approximate surface area is 216 Å². The number of carbonyl (C=O) groups excluding carboxylic acids is 1. The van der Waals surface area contributed by atoms with E-state index in [1.54, 1.807) is 13.2 Å². The molecule has 0 fully saturated rings. The third-order valence-corrected chi connectivity index (χ3v) is 5.72. The minimum absolute atomic E-state index is 0.0502. The molecule has 0 aliphatic heterocycles. The van der Waals surface area contributed by atoms with Gasteiger partial charge >= 0.3 is 6.61 Å². The van der Waals surface area contributed by atoms with Crippen LogP contribution in [0.1, 0.15) is 53.4 Å². The van der Waals surface area contributed by atoms with Gasteiger partial charge in [0.2, 0.25) is 0 Å². The van der Waals surface area contributed by atoms with Crippen LogP contribution in [-0.2, 0) is 12.0 Å². The largest absolute Gasteiger partial charge is 0.496 e. The third-order valence-electron chi connectivity index (χ3n) is 5.72. The van der Waals surface area contributed by atoms with Crippen LogP contribution in [0.5, 0.6) is 23.0 Å². The molecule has 3 aromatic carbocycles. The molecule has 0 bridgehead atoms. The van der Waals surface area contributed by atoms with Gasteiger partial charge in [0.15, 0.2) is 17.3 Å². The van der Waals surface area contributed by atoms with Crippen LogP contribution in [0.15, 0.2) is 60.7 Å². The first-order valence-corrected chi connectivity index (χ1v) is 11.8. The lowest BCUT2D eigenvalue weighted by atomic mass is 9.86.